The van der Waals surface area contributed by atoms with Crippen LogP contribution in [-0.2, 0) is 4.74 Å². The Hall–Kier alpha value is -0.0800. The number of ether oxygens (including phenoxy) is 1. The standard InChI is InChI=1S/C13H27NO/c1-10(2)13(9-15-4)14-12-7-5-6-11(3)8-12/h10-14H,5-9H2,1-4H3. The molecule has 1 saturated carbocycles. The van der Waals surface area contributed by atoms with Crippen molar-refractivity contribution in [3.05, 3.63) is 0 Å². The Morgan fingerprint density at radius 2 is 2.07 bits per heavy atom. The summed E-state index contributed by atoms with van der Waals surface area (Å²) in [4.78, 5) is 0. The molecule has 2 nitrogen and oxygen atoms in total. The van der Waals surface area contributed by atoms with Crippen LogP contribution in [0.25, 0.3) is 0 Å². The zero-order chi connectivity index (χ0) is 11.3. The van der Waals surface area contributed by atoms with Crippen LogP contribution in [0.3, 0.4) is 0 Å². The Morgan fingerprint density at radius 1 is 1.33 bits per heavy atom. The molecular weight excluding hydrogens is 186 g/mol. The largest absolute Gasteiger partial charge is 0.383 e. The number of hydrogen-bond acceptors (Lipinski definition) is 2. The van der Waals surface area contributed by atoms with Gasteiger partial charge in [0.1, 0.15) is 0 Å². The zero-order valence-electron chi connectivity index (χ0n) is 10.8. The minimum absolute atomic E-state index is 0.519. The van der Waals surface area contributed by atoms with Gasteiger partial charge in [-0.2, -0.15) is 0 Å². The highest BCUT2D eigenvalue weighted by molar-refractivity contribution is 4.81. The molecule has 1 fully saturated rings. The molecule has 0 aromatic heterocycles. The highest BCUT2D eigenvalue weighted by Crippen LogP contribution is 2.24. The molecule has 2 heteroatoms. The summed E-state index contributed by atoms with van der Waals surface area (Å²) in [5.41, 5.74) is 0. The summed E-state index contributed by atoms with van der Waals surface area (Å²) < 4.78 is 5.27. The highest BCUT2D eigenvalue weighted by atomic mass is 16.5. The maximum atomic E-state index is 5.27. The first-order chi connectivity index (χ1) is 7.13. The van der Waals surface area contributed by atoms with Crippen LogP contribution in [0, 0.1) is 11.8 Å². The first-order valence-electron chi connectivity index (χ1n) is 6.38. The molecule has 1 aliphatic carbocycles. The smallest absolute Gasteiger partial charge is 0.0618 e. The van der Waals surface area contributed by atoms with Crippen LogP contribution in [0.15, 0.2) is 0 Å². The van der Waals surface area contributed by atoms with E-state index in [0.717, 1.165) is 18.6 Å². The van der Waals surface area contributed by atoms with Gasteiger partial charge >= 0.3 is 0 Å². The molecule has 0 bridgehead atoms. The second-order valence-corrected chi connectivity index (χ2v) is 5.44. The third-order valence-corrected chi connectivity index (χ3v) is 3.54. The molecule has 0 heterocycles. The van der Waals surface area contributed by atoms with E-state index in [-0.39, 0.29) is 0 Å². The molecular formula is C13H27NO. The van der Waals surface area contributed by atoms with E-state index in [0.29, 0.717) is 12.0 Å². The molecule has 0 saturated heterocycles. The molecule has 1 aliphatic rings. The molecule has 0 aliphatic heterocycles. The molecule has 1 rings (SSSR count). The van der Waals surface area contributed by atoms with E-state index < -0.39 is 0 Å². The molecule has 3 atom stereocenters. The van der Waals surface area contributed by atoms with Crippen LogP contribution < -0.4 is 5.32 Å². The molecule has 0 amide bonds. The lowest BCUT2D eigenvalue weighted by Gasteiger charge is -2.32. The fourth-order valence-corrected chi connectivity index (χ4v) is 2.50. The summed E-state index contributed by atoms with van der Waals surface area (Å²) >= 11 is 0. The number of nitrogens with one attached hydrogen (secondary N) is 1. The van der Waals surface area contributed by atoms with E-state index in [4.69, 9.17) is 4.74 Å². The summed E-state index contributed by atoms with van der Waals surface area (Å²) in [5.74, 6) is 1.55. The lowest BCUT2D eigenvalue weighted by Crippen LogP contribution is -2.45. The van der Waals surface area contributed by atoms with Crippen molar-refractivity contribution in [1.29, 1.82) is 0 Å². The highest BCUT2D eigenvalue weighted by Gasteiger charge is 2.22. The predicted molar refractivity (Wildman–Crippen MR) is 65.1 cm³/mol. The van der Waals surface area contributed by atoms with Crippen molar-refractivity contribution in [3.63, 3.8) is 0 Å². The first kappa shape index (κ1) is 13.0. The maximum Gasteiger partial charge on any atom is 0.0618 e. The van der Waals surface area contributed by atoms with Gasteiger partial charge < -0.3 is 10.1 Å². The van der Waals surface area contributed by atoms with Crippen LogP contribution in [0.1, 0.15) is 46.5 Å². The normalized spacial score (nSPS) is 29.4. The van der Waals surface area contributed by atoms with Gasteiger partial charge in [0.25, 0.3) is 0 Å². The second-order valence-electron chi connectivity index (χ2n) is 5.44. The van der Waals surface area contributed by atoms with Crippen LogP contribution in [0.5, 0.6) is 0 Å². The molecule has 3 unspecified atom stereocenters. The van der Waals surface area contributed by atoms with Gasteiger partial charge in [-0.25, -0.2) is 0 Å². The lowest BCUT2D eigenvalue weighted by atomic mass is 9.86. The van der Waals surface area contributed by atoms with Crippen molar-refractivity contribution in [2.24, 2.45) is 11.8 Å². The Morgan fingerprint density at radius 3 is 2.60 bits per heavy atom. The minimum atomic E-state index is 0.519. The number of hydrogen-bond donors (Lipinski definition) is 1. The van der Waals surface area contributed by atoms with Gasteiger partial charge in [0.2, 0.25) is 0 Å². The van der Waals surface area contributed by atoms with Gasteiger partial charge in [-0.15, -0.1) is 0 Å². The SMILES string of the molecule is COCC(NC1CCCC(C)C1)C(C)C. The fraction of sp³-hybridized carbons (Fsp3) is 1.00. The van der Waals surface area contributed by atoms with Gasteiger partial charge in [0.05, 0.1) is 6.61 Å². The quantitative estimate of drug-likeness (QED) is 0.758. The Bertz CT molecular complexity index is 170. The predicted octanol–water partition coefficient (Wildman–Crippen LogP) is 2.83. The zero-order valence-corrected chi connectivity index (χ0v) is 10.8. The maximum absolute atomic E-state index is 5.27. The third kappa shape index (κ3) is 4.52. The van der Waals surface area contributed by atoms with Crippen molar-refractivity contribution < 1.29 is 4.74 Å². The second kappa shape index (κ2) is 6.49. The Kier molecular flexibility index (Phi) is 5.62. The molecule has 0 aromatic carbocycles. The van der Waals surface area contributed by atoms with Gasteiger partial charge in [-0.05, 0) is 24.7 Å². The van der Waals surface area contributed by atoms with Crippen LogP contribution in [0.4, 0.5) is 0 Å². The van der Waals surface area contributed by atoms with Crippen molar-refractivity contribution in [1.82, 2.24) is 5.32 Å². The molecule has 90 valence electrons. The molecule has 0 aromatic rings. The molecule has 0 spiro atoms. The monoisotopic (exact) mass is 213 g/mol. The average molecular weight is 213 g/mol. The van der Waals surface area contributed by atoms with E-state index in [9.17, 15) is 0 Å². The Balaban J connectivity index is 2.35. The minimum Gasteiger partial charge on any atom is -0.383 e. The van der Waals surface area contributed by atoms with E-state index >= 15 is 0 Å². The van der Waals surface area contributed by atoms with E-state index in [1.807, 2.05) is 0 Å². The van der Waals surface area contributed by atoms with Crippen molar-refractivity contribution >= 4 is 0 Å². The van der Waals surface area contributed by atoms with Crippen molar-refractivity contribution in [2.45, 2.75) is 58.5 Å². The number of rotatable bonds is 5. The molecule has 1 N–H and O–H groups in total. The van der Waals surface area contributed by atoms with Gasteiger partial charge in [0, 0.05) is 19.2 Å². The molecule has 15 heavy (non-hydrogen) atoms. The lowest BCUT2D eigenvalue weighted by molar-refractivity contribution is 0.131. The topological polar surface area (TPSA) is 21.3 Å². The van der Waals surface area contributed by atoms with Crippen molar-refractivity contribution in [3.8, 4) is 0 Å². The van der Waals surface area contributed by atoms with Crippen molar-refractivity contribution in [2.75, 3.05) is 13.7 Å². The summed E-state index contributed by atoms with van der Waals surface area (Å²) in [5, 5.41) is 3.76. The van der Waals surface area contributed by atoms with E-state index in [2.05, 4.69) is 26.1 Å². The van der Waals surface area contributed by atoms with Gasteiger partial charge in [-0.3, -0.25) is 0 Å². The third-order valence-electron chi connectivity index (χ3n) is 3.54. The van der Waals surface area contributed by atoms with Gasteiger partial charge in [-0.1, -0.05) is 33.6 Å². The summed E-state index contributed by atoms with van der Waals surface area (Å²) in [6, 6.07) is 1.24. The fourth-order valence-electron chi connectivity index (χ4n) is 2.50. The van der Waals surface area contributed by atoms with Gasteiger partial charge in [0.15, 0.2) is 0 Å². The summed E-state index contributed by atoms with van der Waals surface area (Å²) in [7, 11) is 1.79. The van der Waals surface area contributed by atoms with E-state index in [1.165, 1.54) is 25.7 Å². The van der Waals surface area contributed by atoms with E-state index in [1.54, 1.807) is 7.11 Å². The molecule has 0 radical (unpaired) electrons. The van der Waals surface area contributed by atoms with Crippen LogP contribution in [-0.4, -0.2) is 25.8 Å². The average Bonchev–Trinajstić information content (AvgIpc) is 2.17. The van der Waals surface area contributed by atoms with Crippen LogP contribution >= 0.6 is 0 Å². The summed E-state index contributed by atoms with van der Waals surface area (Å²) in [6.07, 6.45) is 5.48. The Labute approximate surface area is 94.8 Å². The summed E-state index contributed by atoms with van der Waals surface area (Å²) in [6.45, 7) is 7.74. The number of methoxy groups -OCH3 is 1. The van der Waals surface area contributed by atoms with Crippen LogP contribution in [0.2, 0.25) is 0 Å². The first-order valence-corrected chi connectivity index (χ1v) is 6.38.